The van der Waals surface area contributed by atoms with Crippen molar-refractivity contribution in [2.75, 3.05) is 18.8 Å². The number of carbonyl (C=O) groups excluding carboxylic acids is 1. The third-order valence-electron chi connectivity index (χ3n) is 4.23. The maximum atomic E-state index is 12.4. The fraction of sp³-hybridized carbons (Fsp3) is 0.389. The molecular weight excluding hydrogens is 354 g/mol. The highest BCUT2D eigenvalue weighted by Gasteiger charge is 2.26. The molecule has 0 bridgehead atoms. The molecule has 3 rings (SSSR count). The van der Waals surface area contributed by atoms with Crippen LogP contribution in [0.15, 0.2) is 53.7 Å². The molecule has 0 aliphatic carbocycles. The molecule has 2 heterocycles. The molecule has 2 aromatic rings. The molecule has 1 unspecified atom stereocenters. The quantitative estimate of drug-likeness (QED) is 0.764. The van der Waals surface area contributed by atoms with E-state index in [1.54, 1.807) is 53.7 Å². The normalized spacial score (nSPS) is 17.7. The van der Waals surface area contributed by atoms with Gasteiger partial charge in [0.25, 0.3) is 0 Å². The number of hydrogen-bond donors (Lipinski definition) is 0. The Morgan fingerprint density at radius 3 is 2.62 bits per heavy atom. The number of benzene rings is 1. The number of carbonyl (C=O) groups is 1. The number of hydrogen-bond acceptors (Lipinski definition) is 6. The van der Waals surface area contributed by atoms with Crippen LogP contribution in [0.5, 0.6) is 6.01 Å². The van der Waals surface area contributed by atoms with Crippen LogP contribution in [-0.2, 0) is 14.6 Å². The lowest BCUT2D eigenvalue weighted by atomic mass is 10.1. The van der Waals surface area contributed by atoms with Gasteiger partial charge in [0.2, 0.25) is 5.91 Å². The molecule has 0 N–H and O–H groups in total. The summed E-state index contributed by atoms with van der Waals surface area (Å²) in [6, 6.07) is 10.2. The van der Waals surface area contributed by atoms with E-state index in [0.29, 0.717) is 19.1 Å². The van der Waals surface area contributed by atoms with Gasteiger partial charge in [-0.1, -0.05) is 18.2 Å². The van der Waals surface area contributed by atoms with Crippen molar-refractivity contribution >= 4 is 15.7 Å². The van der Waals surface area contributed by atoms with Gasteiger partial charge in [0.05, 0.1) is 17.2 Å². The monoisotopic (exact) mass is 375 g/mol. The molecule has 7 nitrogen and oxygen atoms in total. The minimum Gasteiger partial charge on any atom is -0.458 e. The lowest BCUT2D eigenvalue weighted by molar-refractivity contribution is -0.133. The summed E-state index contributed by atoms with van der Waals surface area (Å²) in [7, 11) is -3.45. The Bertz CT molecular complexity index is 828. The minimum atomic E-state index is -3.45. The van der Waals surface area contributed by atoms with Gasteiger partial charge in [0.15, 0.2) is 9.84 Å². The summed E-state index contributed by atoms with van der Waals surface area (Å²) < 4.78 is 30.3. The van der Waals surface area contributed by atoms with E-state index in [-0.39, 0.29) is 29.1 Å². The number of likely N-dealkylation sites (tertiary alicyclic amines) is 1. The van der Waals surface area contributed by atoms with Crippen molar-refractivity contribution in [2.45, 2.75) is 30.3 Å². The molecule has 1 aromatic carbocycles. The molecule has 1 atom stereocenters. The zero-order valence-corrected chi connectivity index (χ0v) is 15.1. The zero-order valence-electron chi connectivity index (χ0n) is 14.3. The molecule has 0 saturated carbocycles. The molecule has 0 spiro atoms. The van der Waals surface area contributed by atoms with Crippen LogP contribution in [0.4, 0.5) is 0 Å². The van der Waals surface area contributed by atoms with Crippen LogP contribution in [0.2, 0.25) is 0 Å². The minimum absolute atomic E-state index is 0.0359. The Morgan fingerprint density at radius 2 is 1.88 bits per heavy atom. The lowest BCUT2D eigenvalue weighted by Crippen LogP contribution is -2.44. The Morgan fingerprint density at radius 1 is 1.15 bits per heavy atom. The molecule has 1 aliphatic heterocycles. The summed E-state index contributed by atoms with van der Waals surface area (Å²) in [6.45, 7) is 1.03. The first-order chi connectivity index (χ1) is 12.5. The Balaban J connectivity index is 1.54. The van der Waals surface area contributed by atoms with Gasteiger partial charge in [0.1, 0.15) is 6.10 Å². The second-order valence-electron chi connectivity index (χ2n) is 6.14. The van der Waals surface area contributed by atoms with E-state index < -0.39 is 9.84 Å². The maximum absolute atomic E-state index is 12.4. The predicted octanol–water partition coefficient (Wildman–Crippen LogP) is 1.71. The van der Waals surface area contributed by atoms with Crippen LogP contribution in [0.25, 0.3) is 0 Å². The standard InChI is InChI=1S/C18H21N3O4S/c22-17(9-13-26(23,24)16-7-2-1-3-8-16)21-12-4-6-15(14-21)25-18-19-10-5-11-20-18/h1-3,5,7-8,10-11,15H,4,6,9,12-14H2. The SMILES string of the molecule is O=C(CCS(=O)(=O)c1ccccc1)N1CCCC(Oc2ncccn2)C1. The average Bonchev–Trinajstić information content (AvgIpc) is 2.68. The Hall–Kier alpha value is -2.48. The number of nitrogens with zero attached hydrogens (tertiary/aromatic N) is 3. The Labute approximate surface area is 153 Å². The largest absolute Gasteiger partial charge is 0.458 e. The van der Waals surface area contributed by atoms with E-state index in [1.165, 1.54) is 0 Å². The molecule has 1 aromatic heterocycles. The van der Waals surface area contributed by atoms with Crippen molar-refractivity contribution in [1.29, 1.82) is 0 Å². The molecule has 8 heteroatoms. The van der Waals surface area contributed by atoms with Crippen molar-refractivity contribution in [3.63, 3.8) is 0 Å². The molecular formula is C18H21N3O4S. The van der Waals surface area contributed by atoms with E-state index >= 15 is 0 Å². The number of amides is 1. The molecule has 1 aliphatic rings. The van der Waals surface area contributed by atoms with E-state index in [2.05, 4.69) is 9.97 Å². The van der Waals surface area contributed by atoms with Crippen LogP contribution in [-0.4, -0.2) is 54.1 Å². The van der Waals surface area contributed by atoms with Gasteiger partial charge < -0.3 is 9.64 Å². The molecule has 1 amide bonds. The summed E-state index contributed by atoms with van der Waals surface area (Å²) in [5, 5.41) is 0. The highest BCUT2D eigenvalue weighted by Crippen LogP contribution is 2.17. The van der Waals surface area contributed by atoms with Crippen LogP contribution >= 0.6 is 0 Å². The third-order valence-corrected chi connectivity index (χ3v) is 5.96. The van der Waals surface area contributed by atoms with Crippen LogP contribution in [0.3, 0.4) is 0 Å². The number of aromatic nitrogens is 2. The Kier molecular flexibility index (Phi) is 5.82. The van der Waals surface area contributed by atoms with Gasteiger partial charge in [-0.15, -0.1) is 0 Å². The number of piperidine rings is 1. The van der Waals surface area contributed by atoms with Crippen molar-refractivity contribution in [3.05, 3.63) is 48.8 Å². The second-order valence-corrected chi connectivity index (χ2v) is 8.24. The second kappa shape index (κ2) is 8.27. The van der Waals surface area contributed by atoms with Gasteiger partial charge in [-0.05, 0) is 31.0 Å². The summed E-state index contributed by atoms with van der Waals surface area (Å²) in [5.74, 6) is -0.369. The highest BCUT2D eigenvalue weighted by atomic mass is 32.2. The van der Waals surface area contributed by atoms with E-state index in [1.807, 2.05) is 0 Å². The van der Waals surface area contributed by atoms with Gasteiger partial charge in [-0.2, -0.15) is 0 Å². The smallest absolute Gasteiger partial charge is 0.316 e. The van der Waals surface area contributed by atoms with Crippen molar-refractivity contribution in [2.24, 2.45) is 0 Å². The van der Waals surface area contributed by atoms with Gasteiger partial charge in [-0.3, -0.25) is 4.79 Å². The first kappa shape index (κ1) is 18.3. The summed E-state index contributed by atoms with van der Waals surface area (Å²) in [6.07, 6.45) is 4.59. The maximum Gasteiger partial charge on any atom is 0.316 e. The van der Waals surface area contributed by atoms with Crippen LogP contribution in [0, 0.1) is 0 Å². The van der Waals surface area contributed by atoms with E-state index in [9.17, 15) is 13.2 Å². The van der Waals surface area contributed by atoms with E-state index in [4.69, 9.17) is 4.74 Å². The van der Waals surface area contributed by atoms with Gasteiger partial charge in [-0.25, -0.2) is 18.4 Å². The van der Waals surface area contributed by atoms with Crippen LogP contribution in [0.1, 0.15) is 19.3 Å². The molecule has 0 radical (unpaired) electrons. The fourth-order valence-electron chi connectivity index (χ4n) is 2.88. The molecule has 138 valence electrons. The number of sulfone groups is 1. The number of rotatable bonds is 6. The van der Waals surface area contributed by atoms with Crippen molar-refractivity contribution in [1.82, 2.24) is 14.9 Å². The van der Waals surface area contributed by atoms with Gasteiger partial charge in [0, 0.05) is 25.4 Å². The molecule has 1 saturated heterocycles. The first-order valence-corrected chi connectivity index (χ1v) is 10.2. The third kappa shape index (κ3) is 4.78. The van der Waals surface area contributed by atoms with Crippen LogP contribution < -0.4 is 4.74 Å². The van der Waals surface area contributed by atoms with E-state index in [0.717, 1.165) is 12.8 Å². The first-order valence-electron chi connectivity index (χ1n) is 8.54. The summed E-state index contributed by atoms with van der Waals surface area (Å²) >= 11 is 0. The summed E-state index contributed by atoms with van der Waals surface area (Å²) in [5.41, 5.74) is 0. The highest BCUT2D eigenvalue weighted by molar-refractivity contribution is 7.91. The van der Waals surface area contributed by atoms with Crippen molar-refractivity contribution < 1.29 is 17.9 Å². The predicted molar refractivity (Wildman–Crippen MR) is 95.4 cm³/mol. The van der Waals surface area contributed by atoms with Gasteiger partial charge >= 0.3 is 6.01 Å². The number of ether oxygens (including phenoxy) is 1. The van der Waals surface area contributed by atoms with Crippen molar-refractivity contribution in [3.8, 4) is 6.01 Å². The summed E-state index contributed by atoms with van der Waals surface area (Å²) in [4.78, 5) is 22.4. The average molecular weight is 375 g/mol. The molecule has 1 fully saturated rings. The fourth-order valence-corrected chi connectivity index (χ4v) is 4.13. The molecule has 26 heavy (non-hydrogen) atoms. The zero-order chi connectivity index (χ0) is 18.4. The lowest BCUT2D eigenvalue weighted by Gasteiger charge is -2.32. The topological polar surface area (TPSA) is 89.5 Å².